The molecule has 18 heavy (non-hydrogen) atoms. The maximum Gasteiger partial charge on any atom is 0.166 e. The van der Waals surface area contributed by atoms with Crippen molar-refractivity contribution < 1.29 is 10.3 Å². The highest BCUT2D eigenvalue weighted by molar-refractivity contribution is 5.64. The van der Waals surface area contributed by atoms with Crippen molar-refractivity contribution in [3.05, 3.63) is 42.6 Å². The third-order valence-electron chi connectivity index (χ3n) is 2.33. The number of hydrogen-bond acceptors (Lipinski definition) is 5. The van der Waals surface area contributed by atoms with Crippen LogP contribution in [0, 0.1) is 0 Å². The summed E-state index contributed by atoms with van der Waals surface area (Å²) >= 11 is 0. The standard InChI is InChI=1S/C12H13N5O/c13-12-11(6-3-7-15-12)18-8-16-9-4-1-2-5-10(9)17-14/h1-7,14,16H,8H2,(H2,13,15)/p+1. The Labute approximate surface area is 104 Å². The van der Waals surface area contributed by atoms with Crippen LogP contribution in [0.25, 0.3) is 0 Å². The van der Waals surface area contributed by atoms with Gasteiger partial charge in [-0.2, -0.15) is 5.53 Å². The molecule has 0 aliphatic heterocycles. The number of rotatable bonds is 5. The molecule has 0 unspecified atom stereocenters. The summed E-state index contributed by atoms with van der Waals surface area (Å²) in [7, 11) is 0. The largest absolute Gasteiger partial charge is 0.469 e. The van der Waals surface area contributed by atoms with Gasteiger partial charge in [-0.15, -0.1) is 0 Å². The molecule has 2 aromatic rings. The fourth-order valence-electron chi connectivity index (χ4n) is 1.45. The van der Waals surface area contributed by atoms with E-state index in [-0.39, 0.29) is 6.73 Å². The van der Waals surface area contributed by atoms with Crippen molar-refractivity contribution >= 4 is 17.2 Å². The van der Waals surface area contributed by atoms with Crippen molar-refractivity contribution in [3.63, 3.8) is 0 Å². The van der Waals surface area contributed by atoms with Crippen LogP contribution in [0.2, 0.25) is 0 Å². The molecule has 0 saturated heterocycles. The number of nitrogen functional groups attached to an aromatic ring is 1. The molecule has 0 saturated carbocycles. The van der Waals surface area contributed by atoms with E-state index in [1.165, 1.54) is 0 Å². The summed E-state index contributed by atoms with van der Waals surface area (Å²) in [4.78, 5) is 3.92. The number of benzene rings is 1. The third-order valence-corrected chi connectivity index (χ3v) is 2.33. The SMILES string of the molecule is Nc1ncccc1OCNc1ccccc1N=[NH2+]. The fraction of sp³-hybridized carbons (Fsp3) is 0.0833. The van der Waals surface area contributed by atoms with Crippen molar-refractivity contribution in [2.45, 2.75) is 0 Å². The summed E-state index contributed by atoms with van der Waals surface area (Å²) in [5.74, 6) is 0.892. The molecule has 6 heteroatoms. The molecule has 92 valence electrons. The molecule has 0 fully saturated rings. The second kappa shape index (κ2) is 5.62. The topological polar surface area (TPSA) is 98.1 Å². The molecule has 0 atom stereocenters. The maximum absolute atomic E-state index is 5.65. The number of pyridine rings is 1. The molecule has 2 rings (SSSR count). The smallest absolute Gasteiger partial charge is 0.166 e. The monoisotopic (exact) mass is 244 g/mol. The number of ether oxygens (including phenoxy) is 1. The van der Waals surface area contributed by atoms with Crippen LogP contribution in [0.4, 0.5) is 17.2 Å². The van der Waals surface area contributed by atoms with Crippen LogP contribution in [-0.2, 0) is 0 Å². The zero-order chi connectivity index (χ0) is 12.8. The van der Waals surface area contributed by atoms with Crippen LogP contribution in [0.5, 0.6) is 5.75 Å². The van der Waals surface area contributed by atoms with E-state index in [0.29, 0.717) is 17.3 Å². The van der Waals surface area contributed by atoms with Crippen LogP contribution in [0.15, 0.2) is 47.7 Å². The van der Waals surface area contributed by atoms with Gasteiger partial charge >= 0.3 is 0 Å². The minimum Gasteiger partial charge on any atom is -0.469 e. The third kappa shape index (κ3) is 2.73. The van der Waals surface area contributed by atoms with E-state index in [2.05, 4.69) is 15.4 Å². The van der Waals surface area contributed by atoms with Gasteiger partial charge in [0, 0.05) is 6.20 Å². The van der Waals surface area contributed by atoms with Crippen molar-refractivity contribution in [2.75, 3.05) is 17.8 Å². The minimum absolute atomic E-state index is 0.252. The van der Waals surface area contributed by atoms with Gasteiger partial charge < -0.3 is 15.8 Å². The first-order chi connectivity index (χ1) is 8.81. The van der Waals surface area contributed by atoms with E-state index in [1.54, 1.807) is 24.4 Å². The molecule has 5 N–H and O–H groups in total. The minimum atomic E-state index is 0.252. The number of para-hydroxylation sites is 1. The number of nitrogens with one attached hydrogen (secondary N) is 1. The molecule has 0 amide bonds. The normalized spacial score (nSPS) is 9.78. The number of nitrogens with two attached hydrogens (primary N) is 2. The number of aromatic nitrogens is 1. The first-order valence-corrected chi connectivity index (χ1v) is 5.38. The number of hydrogen-bond donors (Lipinski definition) is 3. The van der Waals surface area contributed by atoms with Gasteiger partial charge in [0.1, 0.15) is 0 Å². The van der Waals surface area contributed by atoms with Crippen molar-refractivity contribution in [3.8, 4) is 5.75 Å². The molecule has 1 aromatic heterocycles. The average molecular weight is 244 g/mol. The van der Waals surface area contributed by atoms with Crippen LogP contribution in [0.1, 0.15) is 0 Å². The van der Waals surface area contributed by atoms with E-state index in [1.807, 2.05) is 18.2 Å². The summed E-state index contributed by atoms with van der Waals surface area (Å²) in [5.41, 5.74) is 12.4. The zero-order valence-electron chi connectivity index (χ0n) is 9.71. The highest BCUT2D eigenvalue weighted by Gasteiger charge is 2.03. The molecular formula is C12H14N5O+. The van der Waals surface area contributed by atoms with E-state index in [9.17, 15) is 0 Å². The Balaban J connectivity index is 1.97. The van der Waals surface area contributed by atoms with Gasteiger partial charge in [0.15, 0.2) is 24.0 Å². The lowest BCUT2D eigenvalue weighted by molar-refractivity contribution is -0.210. The Morgan fingerprint density at radius 1 is 1.28 bits per heavy atom. The molecule has 0 aliphatic carbocycles. The van der Waals surface area contributed by atoms with Gasteiger partial charge in [0.2, 0.25) is 0 Å². The molecule has 1 aromatic carbocycles. The first-order valence-electron chi connectivity index (χ1n) is 5.38. The molecule has 0 bridgehead atoms. The van der Waals surface area contributed by atoms with E-state index in [4.69, 9.17) is 16.0 Å². The summed E-state index contributed by atoms with van der Waals surface area (Å²) in [6.07, 6.45) is 1.61. The summed E-state index contributed by atoms with van der Waals surface area (Å²) < 4.78 is 5.46. The lowest BCUT2D eigenvalue weighted by Gasteiger charge is -2.10. The molecular weight excluding hydrogens is 230 g/mol. The Morgan fingerprint density at radius 3 is 2.89 bits per heavy atom. The molecule has 0 aliphatic rings. The molecule has 0 spiro atoms. The molecule has 1 heterocycles. The fourth-order valence-corrected chi connectivity index (χ4v) is 1.45. The summed E-state index contributed by atoms with van der Waals surface area (Å²) in [6.45, 7) is 0.252. The second-order valence-corrected chi connectivity index (χ2v) is 3.50. The van der Waals surface area contributed by atoms with Crippen molar-refractivity contribution in [1.82, 2.24) is 4.98 Å². The number of nitrogens with zero attached hydrogens (tertiary/aromatic N) is 2. The van der Waals surface area contributed by atoms with Gasteiger partial charge in [-0.1, -0.05) is 12.1 Å². The van der Waals surface area contributed by atoms with Gasteiger partial charge in [-0.05, 0) is 29.4 Å². The Kier molecular flexibility index (Phi) is 3.70. The van der Waals surface area contributed by atoms with Gasteiger partial charge in [-0.3, -0.25) is 0 Å². The van der Waals surface area contributed by atoms with E-state index in [0.717, 1.165) is 5.69 Å². The highest BCUT2D eigenvalue weighted by atomic mass is 16.5. The van der Waals surface area contributed by atoms with Crippen LogP contribution in [0.3, 0.4) is 0 Å². The van der Waals surface area contributed by atoms with Crippen LogP contribution >= 0.6 is 0 Å². The van der Waals surface area contributed by atoms with Gasteiger partial charge in [0.05, 0.1) is 5.69 Å². The number of anilines is 2. The van der Waals surface area contributed by atoms with Crippen LogP contribution in [-0.4, -0.2) is 11.7 Å². The molecule has 0 radical (unpaired) electrons. The lowest BCUT2D eigenvalue weighted by Crippen LogP contribution is -2.22. The van der Waals surface area contributed by atoms with Crippen LogP contribution < -0.4 is 21.3 Å². The Hall–Kier alpha value is -2.63. The zero-order valence-corrected chi connectivity index (χ0v) is 9.71. The van der Waals surface area contributed by atoms with Gasteiger partial charge in [-0.25, -0.2) is 4.98 Å². The first kappa shape index (κ1) is 11.8. The predicted molar refractivity (Wildman–Crippen MR) is 68.2 cm³/mol. The Bertz CT molecular complexity index is 543. The predicted octanol–water partition coefficient (Wildman–Crippen LogP) is 0.955. The highest BCUT2D eigenvalue weighted by Crippen LogP contribution is 2.23. The quantitative estimate of drug-likeness (QED) is 0.538. The average Bonchev–Trinajstić information content (AvgIpc) is 2.41. The summed E-state index contributed by atoms with van der Waals surface area (Å²) in [5, 5.41) is 6.72. The summed E-state index contributed by atoms with van der Waals surface area (Å²) in [6, 6.07) is 10.9. The van der Waals surface area contributed by atoms with E-state index >= 15 is 0 Å². The Morgan fingerprint density at radius 2 is 2.11 bits per heavy atom. The van der Waals surface area contributed by atoms with E-state index < -0.39 is 0 Å². The maximum atomic E-state index is 5.65. The second-order valence-electron chi connectivity index (χ2n) is 3.50. The van der Waals surface area contributed by atoms with Crippen molar-refractivity contribution in [1.29, 1.82) is 0 Å². The van der Waals surface area contributed by atoms with Crippen molar-refractivity contribution in [2.24, 2.45) is 5.11 Å². The van der Waals surface area contributed by atoms with Gasteiger partial charge in [0.25, 0.3) is 0 Å². The molecule has 6 nitrogen and oxygen atoms in total. The lowest BCUT2D eigenvalue weighted by atomic mass is 10.3.